The van der Waals surface area contributed by atoms with Crippen molar-refractivity contribution in [2.24, 2.45) is 0 Å². The predicted octanol–water partition coefficient (Wildman–Crippen LogP) is 4.23. The largest absolute Gasteiger partial charge is 0.493 e. The van der Waals surface area contributed by atoms with Gasteiger partial charge in [0.1, 0.15) is 13.2 Å². The Bertz CT molecular complexity index is 1060. The van der Waals surface area contributed by atoms with Gasteiger partial charge in [0, 0.05) is 23.6 Å². The highest BCUT2D eigenvalue weighted by atomic mass is 32.1. The van der Waals surface area contributed by atoms with E-state index in [1.165, 1.54) is 6.08 Å². The van der Waals surface area contributed by atoms with E-state index in [1.807, 2.05) is 48.7 Å². The second-order valence-electron chi connectivity index (χ2n) is 6.75. The smallest absolute Gasteiger partial charge is 0.244 e. The van der Waals surface area contributed by atoms with Crippen LogP contribution in [0.5, 0.6) is 17.2 Å². The Hall–Kier alpha value is -3.32. The quantitative estimate of drug-likeness (QED) is 0.602. The van der Waals surface area contributed by atoms with Crippen molar-refractivity contribution in [1.29, 1.82) is 0 Å². The second-order valence-corrected chi connectivity index (χ2v) is 7.81. The highest BCUT2D eigenvalue weighted by Crippen LogP contribution is 2.40. The minimum atomic E-state index is -0.178. The predicted molar refractivity (Wildman–Crippen MR) is 117 cm³/mol. The molecule has 4 rings (SSSR count). The average molecular weight is 423 g/mol. The number of rotatable bonds is 6. The van der Waals surface area contributed by atoms with E-state index in [0.29, 0.717) is 37.0 Å². The molecule has 0 saturated heterocycles. The number of fused-ring (bicyclic) bond motifs is 1. The summed E-state index contributed by atoms with van der Waals surface area (Å²) in [7, 11) is 1.58. The summed E-state index contributed by atoms with van der Waals surface area (Å²) in [6, 6.07) is 11.7. The number of methoxy groups -OCH3 is 1. The molecule has 1 amide bonds. The van der Waals surface area contributed by atoms with Gasteiger partial charge < -0.3 is 19.5 Å². The van der Waals surface area contributed by atoms with Crippen molar-refractivity contribution in [1.82, 2.24) is 10.3 Å². The van der Waals surface area contributed by atoms with Crippen molar-refractivity contribution >= 4 is 23.3 Å². The van der Waals surface area contributed by atoms with Crippen LogP contribution >= 0.6 is 11.3 Å². The molecular formula is C23H22N2O4S. The number of amides is 1. The van der Waals surface area contributed by atoms with Crippen LogP contribution in [-0.4, -0.2) is 31.2 Å². The van der Waals surface area contributed by atoms with E-state index in [2.05, 4.69) is 10.3 Å². The van der Waals surface area contributed by atoms with Crippen LogP contribution in [0.15, 0.2) is 47.9 Å². The number of thiazole rings is 1. The van der Waals surface area contributed by atoms with Crippen LogP contribution in [0.1, 0.15) is 16.1 Å². The van der Waals surface area contributed by atoms with E-state index in [4.69, 9.17) is 14.2 Å². The molecule has 6 nitrogen and oxygen atoms in total. The lowest BCUT2D eigenvalue weighted by Crippen LogP contribution is -2.20. The standard InChI is InChI=1S/C23H22N2O4S/c1-15-25-19(14-30-15)18-6-3-16(4-7-18)13-24-22(26)8-5-17-11-20(27-2)23-21(12-17)28-9-10-29-23/h3-8,11-12,14H,9-10,13H2,1-2H3,(H,24,26)/b8-5+. The van der Waals surface area contributed by atoms with E-state index in [1.54, 1.807) is 24.5 Å². The molecule has 2 heterocycles. The molecule has 1 aromatic heterocycles. The Kier molecular flexibility index (Phi) is 5.99. The maximum atomic E-state index is 12.2. The van der Waals surface area contributed by atoms with Gasteiger partial charge >= 0.3 is 0 Å². The number of benzene rings is 2. The molecule has 0 unspecified atom stereocenters. The summed E-state index contributed by atoms with van der Waals surface area (Å²) in [5, 5.41) is 5.99. The molecule has 3 aromatic rings. The molecule has 1 aliphatic heterocycles. The molecule has 0 atom stereocenters. The van der Waals surface area contributed by atoms with Crippen molar-refractivity contribution in [3.8, 4) is 28.5 Å². The Morgan fingerprint density at radius 2 is 2.03 bits per heavy atom. The fraction of sp³-hybridized carbons (Fsp3) is 0.217. The number of carbonyl (C=O) groups is 1. The summed E-state index contributed by atoms with van der Waals surface area (Å²) in [4.78, 5) is 16.7. The highest BCUT2D eigenvalue weighted by Gasteiger charge is 2.17. The molecule has 0 saturated carbocycles. The summed E-state index contributed by atoms with van der Waals surface area (Å²) in [5.74, 6) is 1.63. The van der Waals surface area contributed by atoms with Crippen molar-refractivity contribution in [2.45, 2.75) is 13.5 Å². The number of nitrogens with one attached hydrogen (secondary N) is 1. The van der Waals surface area contributed by atoms with Gasteiger partial charge in [-0.05, 0) is 36.3 Å². The summed E-state index contributed by atoms with van der Waals surface area (Å²) in [5.41, 5.74) is 3.87. The monoisotopic (exact) mass is 422 g/mol. The average Bonchev–Trinajstić information content (AvgIpc) is 3.22. The normalized spacial score (nSPS) is 12.7. The van der Waals surface area contributed by atoms with Crippen LogP contribution < -0.4 is 19.5 Å². The molecule has 7 heteroatoms. The van der Waals surface area contributed by atoms with Crippen molar-refractivity contribution in [2.75, 3.05) is 20.3 Å². The topological polar surface area (TPSA) is 69.7 Å². The lowest BCUT2D eigenvalue weighted by Gasteiger charge is -2.20. The fourth-order valence-electron chi connectivity index (χ4n) is 3.10. The van der Waals surface area contributed by atoms with Crippen molar-refractivity contribution < 1.29 is 19.0 Å². The Morgan fingerprint density at radius 3 is 2.77 bits per heavy atom. The highest BCUT2D eigenvalue weighted by molar-refractivity contribution is 7.09. The molecule has 0 fully saturated rings. The van der Waals surface area contributed by atoms with Crippen molar-refractivity contribution in [3.63, 3.8) is 0 Å². The Morgan fingerprint density at radius 1 is 1.23 bits per heavy atom. The van der Waals surface area contributed by atoms with E-state index in [0.717, 1.165) is 27.4 Å². The number of ether oxygens (including phenoxy) is 3. The maximum Gasteiger partial charge on any atom is 0.244 e. The van der Waals surface area contributed by atoms with Gasteiger partial charge in [0.25, 0.3) is 0 Å². The van der Waals surface area contributed by atoms with Gasteiger partial charge in [-0.3, -0.25) is 4.79 Å². The third-order valence-electron chi connectivity index (χ3n) is 4.61. The second kappa shape index (κ2) is 9.00. The van der Waals surface area contributed by atoms with Gasteiger partial charge in [0.2, 0.25) is 11.7 Å². The maximum absolute atomic E-state index is 12.2. The molecule has 154 valence electrons. The van der Waals surface area contributed by atoms with Gasteiger partial charge in [0.15, 0.2) is 11.5 Å². The molecule has 0 radical (unpaired) electrons. The Balaban J connectivity index is 1.36. The van der Waals surface area contributed by atoms with Gasteiger partial charge in [0.05, 0.1) is 17.8 Å². The lowest BCUT2D eigenvalue weighted by atomic mass is 10.1. The minimum Gasteiger partial charge on any atom is -0.493 e. The molecule has 1 N–H and O–H groups in total. The SMILES string of the molecule is COc1cc(/C=C/C(=O)NCc2ccc(-c3csc(C)n3)cc2)cc2c1OCCO2. The van der Waals surface area contributed by atoms with Crippen LogP contribution in [0.3, 0.4) is 0 Å². The van der Waals surface area contributed by atoms with Crippen LogP contribution in [0.2, 0.25) is 0 Å². The zero-order valence-corrected chi connectivity index (χ0v) is 17.6. The van der Waals surface area contributed by atoms with Gasteiger partial charge in [-0.1, -0.05) is 24.3 Å². The van der Waals surface area contributed by atoms with Crippen LogP contribution in [0, 0.1) is 6.92 Å². The third-order valence-corrected chi connectivity index (χ3v) is 5.39. The van der Waals surface area contributed by atoms with Gasteiger partial charge in [-0.15, -0.1) is 11.3 Å². The molecule has 0 spiro atoms. The van der Waals surface area contributed by atoms with Crippen molar-refractivity contribution in [3.05, 3.63) is 64.0 Å². The number of carbonyl (C=O) groups excluding carboxylic acids is 1. The Labute approximate surface area is 179 Å². The molecule has 30 heavy (non-hydrogen) atoms. The molecule has 1 aliphatic rings. The first kappa shape index (κ1) is 20.0. The number of aryl methyl sites for hydroxylation is 1. The van der Waals surface area contributed by atoms with E-state index >= 15 is 0 Å². The third kappa shape index (κ3) is 4.63. The first-order valence-corrected chi connectivity index (χ1v) is 10.5. The summed E-state index contributed by atoms with van der Waals surface area (Å²) in [6.07, 6.45) is 3.22. The molecular weight excluding hydrogens is 400 g/mol. The van der Waals surface area contributed by atoms with E-state index in [-0.39, 0.29) is 5.91 Å². The number of nitrogens with zero attached hydrogens (tertiary/aromatic N) is 1. The molecule has 0 aliphatic carbocycles. The fourth-order valence-corrected chi connectivity index (χ4v) is 3.72. The first-order valence-electron chi connectivity index (χ1n) is 9.57. The lowest BCUT2D eigenvalue weighted by molar-refractivity contribution is -0.116. The van der Waals surface area contributed by atoms with Gasteiger partial charge in [-0.2, -0.15) is 0 Å². The van der Waals surface area contributed by atoms with Crippen LogP contribution in [-0.2, 0) is 11.3 Å². The summed E-state index contributed by atoms with van der Waals surface area (Å²) < 4.78 is 16.6. The minimum absolute atomic E-state index is 0.178. The zero-order chi connectivity index (χ0) is 20.9. The zero-order valence-electron chi connectivity index (χ0n) is 16.8. The molecule has 2 aromatic carbocycles. The van der Waals surface area contributed by atoms with Gasteiger partial charge in [-0.25, -0.2) is 4.98 Å². The number of hydrogen-bond donors (Lipinski definition) is 1. The number of aromatic nitrogens is 1. The van der Waals surface area contributed by atoms with E-state index < -0.39 is 0 Å². The van der Waals surface area contributed by atoms with E-state index in [9.17, 15) is 4.79 Å². The first-order chi connectivity index (χ1) is 14.6. The van der Waals surface area contributed by atoms with Crippen LogP contribution in [0.25, 0.3) is 17.3 Å². The summed E-state index contributed by atoms with van der Waals surface area (Å²) in [6.45, 7) is 3.42. The number of hydrogen-bond acceptors (Lipinski definition) is 6. The summed E-state index contributed by atoms with van der Waals surface area (Å²) >= 11 is 1.63. The van der Waals surface area contributed by atoms with Crippen LogP contribution in [0.4, 0.5) is 0 Å². The molecule has 0 bridgehead atoms.